The van der Waals surface area contributed by atoms with Crippen LogP contribution in [-0.4, -0.2) is 19.5 Å². The van der Waals surface area contributed by atoms with Gasteiger partial charge in [0.15, 0.2) is 6.29 Å². The molecule has 1 aliphatic heterocycles. The Bertz CT molecular complexity index is 355. The number of aryl methyl sites for hydroxylation is 2. The summed E-state index contributed by atoms with van der Waals surface area (Å²) in [6.45, 7) is 14.7. The van der Waals surface area contributed by atoms with Crippen molar-refractivity contribution in [1.29, 1.82) is 0 Å². The summed E-state index contributed by atoms with van der Waals surface area (Å²) in [5, 5.41) is 0. The van der Waals surface area contributed by atoms with Crippen molar-refractivity contribution >= 4 is 0 Å². The molecular weight excluding hydrogens is 296 g/mol. The summed E-state index contributed by atoms with van der Waals surface area (Å²) in [5.41, 5.74) is 2.66. The zero-order valence-electron chi connectivity index (χ0n) is 16.7. The van der Waals surface area contributed by atoms with E-state index in [1.807, 2.05) is 6.92 Å². The quantitative estimate of drug-likeness (QED) is 0.546. The zero-order valence-corrected chi connectivity index (χ0v) is 16.7. The Morgan fingerprint density at radius 1 is 0.667 bits per heavy atom. The second-order valence-electron chi connectivity index (χ2n) is 7.86. The van der Waals surface area contributed by atoms with Gasteiger partial charge in [-0.05, 0) is 32.6 Å². The summed E-state index contributed by atoms with van der Waals surface area (Å²) in [6.07, 6.45) is 5.91. The monoisotopic (exact) mass is 336 g/mol. The molecule has 0 atom stereocenters. The molecule has 0 spiro atoms. The molecule has 1 heterocycles. The first kappa shape index (κ1) is 21.2. The molecule has 1 saturated heterocycles. The predicted molar refractivity (Wildman–Crippen MR) is 105 cm³/mol. The topological polar surface area (TPSA) is 18.5 Å². The minimum Gasteiger partial charge on any atom is -0.353 e. The van der Waals surface area contributed by atoms with Gasteiger partial charge in [-0.25, -0.2) is 0 Å². The van der Waals surface area contributed by atoms with Gasteiger partial charge < -0.3 is 9.47 Å². The van der Waals surface area contributed by atoms with Crippen LogP contribution in [0.2, 0.25) is 0 Å². The summed E-state index contributed by atoms with van der Waals surface area (Å²) in [6, 6.07) is 8.48. The van der Waals surface area contributed by atoms with Crippen molar-refractivity contribution in [2.45, 2.75) is 73.5 Å². The lowest BCUT2D eigenvalue weighted by Gasteiger charge is -2.24. The maximum Gasteiger partial charge on any atom is 0.154 e. The number of hydrogen-bond donors (Lipinski definition) is 0. The first-order valence-electron chi connectivity index (χ1n) is 9.63. The second kappa shape index (κ2) is 11.7. The fraction of sp³-hybridized carbons (Fsp3) is 0.727. The molecule has 0 unspecified atom stereocenters. The van der Waals surface area contributed by atoms with E-state index in [2.05, 4.69) is 58.9 Å². The molecule has 1 aromatic carbocycles. The van der Waals surface area contributed by atoms with E-state index in [1.165, 1.54) is 36.8 Å². The lowest BCUT2D eigenvalue weighted by atomic mass is 9.84. The van der Waals surface area contributed by atoms with Gasteiger partial charge in [-0.2, -0.15) is 0 Å². The van der Waals surface area contributed by atoms with Crippen LogP contribution in [0.3, 0.4) is 0 Å². The first-order chi connectivity index (χ1) is 11.4. The molecule has 2 fully saturated rings. The van der Waals surface area contributed by atoms with Gasteiger partial charge >= 0.3 is 0 Å². The van der Waals surface area contributed by atoms with Crippen molar-refractivity contribution in [1.82, 2.24) is 0 Å². The van der Waals surface area contributed by atoms with Crippen molar-refractivity contribution in [2.24, 2.45) is 17.8 Å². The van der Waals surface area contributed by atoms with Gasteiger partial charge in [0.1, 0.15) is 0 Å². The smallest absolute Gasteiger partial charge is 0.154 e. The van der Waals surface area contributed by atoms with Gasteiger partial charge in [-0.15, -0.1) is 0 Å². The Labute approximate surface area is 151 Å². The van der Waals surface area contributed by atoms with Crippen molar-refractivity contribution in [3.63, 3.8) is 0 Å². The Kier molecular flexibility index (Phi) is 10.3. The van der Waals surface area contributed by atoms with Crippen LogP contribution in [-0.2, 0) is 9.47 Å². The molecule has 140 valence electrons. The highest BCUT2D eigenvalue weighted by molar-refractivity contribution is 5.19. The molecule has 0 radical (unpaired) electrons. The molecule has 0 bridgehead atoms. The van der Waals surface area contributed by atoms with E-state index in [0.717, 1.165) is 25.0 Å². The van der Waals surface area contributed by atoms with Crippen LogP contribution in [0.15, 0.2) is 24.3 Å². The average molecular weight is 337 g/mol. The fourth-order valence-electron chi connectivity index (χ4n) is 2.76. The van der Waals surface area contributed by atoms with Gasteiger partial charge in [0.25, 0.3) is 0 Å². The highest BCUT2D eigenvalue weighted by atomic mass is 16.7. The maximum atomic E-state index is 5.17. The minimum atomic E-state index is 0. The van der Waals surface area contributed by atoms with Gasteiger partial charge in [0.05, 0.1) is 13.2 Å². The summed E-state index contributed by atoms with van der Waals surface area (Å²) >= 11 is 0. The SMILES string of the molecule is CC1CCC(C)CC1.CC1COC(C)OC1.Cc1ccc(C)cc1.[HH]. The molecule has 1 saturated carbocycles. The van der Waals surface area contributed by atoms with Crippen LogP contribution in [0.5, 0.6) is 0 Å². The molecule has 3 rings (SSSR count). The summed E-state index contributed by atoms with van der Waals surface area (Å²) in [5.74, 6) is 2.61. The standard InChI is InChI=1S/C8H16.C8H10.C6H12O2.H2/c2*1-7-3-5-8(2)6-4-7;1-5-3-7-6(2)8-4-5;/h7-8H,3-6H2,1-2H3;3-6H,1-2H3;5-6H,3-4H2,1-2H3;1H. The highest BCUT2D eigenvalue weighted by Gasteiger charge is 2.14. The van der Waals surface area contributed by atoms with E-state index in [0.29, 0.717) is 5.92 Å². The van der Waals surface area contributed by atoms with Crippen LogP contribution < -0.4 is 0 Å². The minimum absolute atomic E-state index is 0. The van der Waals surface area contributed by atoms with Crippen molar-refractivity contribution < 1.29 is 10.9 Å². The number of benzene rings is 1. The third-order valence-electron chi connectivity index (χ3n) is 4.75. The summed E-state index contributed by atoms with van der Waals surface area (Å²) in [4.78, 5) is 0. The van der Waals surface area contributed by atoms with Crippen LogP contribution in [0.1, 0.15) is 65.9 Å². The Morgan fingerprint density at radius 3 is 1.29 bits per heavy atom. The molecule has 0 N–H and O–H groups in total. The van der Waals surface area contributed by atoms with E-state index in [-0.39, 0.29) is 7.72 Å². The third-order valence-corrected chi connectivity index (χ3v) is 4.75. The fourth-order valence-corrected chi connectivity index (χ4v) is 2.76. The second-order valence-corrected chi connectivity index (χ2v) is 7.86. The molecule has 24 heavy (non-hydrogen) atoms. The van der Waals surface area contributed by atoms with E-state index in [9.17, 15) is 0 Å². The highest BCUT2D eigenvalue weighted by Crippen LogP contribution is 2.27. The Balaban J connectivity index is 0.000000339. The number of rotatable bonds is 0. The normalized spacial score (nSPS) is 29.6. The predicted octanol–water partition coefficient (Wildman–Crippen LogP) is 6.40. The Morgan fingerprint density at radius 2 is 1.00 bits per heavy atom. The van der Waals surface area contributed by atoms with Gasteiger partial charge in [0.2, 0.25) is 0 Å². The Hall–Kier alpha value is -0.860. The summed E-state index contributed by atoms with van der Waals surface area (Å²) in [7, 11) is 0. The van der Waals surface area contributed by atoms with E-state index in [4.69, 9.17) is 9.47 Å². The molecule has 0 amide bonds. The van der Waals surface area contributed by atoms with Gasteiger partial charge in [0, 0.05) is 7.34 Å². The summed E-state index contributed by atoms with van der Waals surface area (Å²) < 4.78 is 10.3. The molecule has 1 aliphatic carbocycles. The molecular formula is C22H40O2. The van der Waals surface area contributed by atoms with Crippen LogP contribution in [0, 0.1) is 31.6 Å². The van der Waals surface area contributed by atoms with E-state index in [1.54, 1.807) is 0 Å². The third kappa shape index (κ3) is 10.1. The van der Waals surface area contributed by atoms with E-state index < -0.39 is 0 Å². The zero-order chi connectivity index (χ0) is 17.9. The van der Waals surface area contributed by atoms with Crippen molar-refractivity contribution in [3.05, 3.63) is 35.4 Å². The molecule has 2 aliphatic rings. The molecule has 2 heteroatoms. The maximum absolute atomic E-state index is 5.17. The largest absolute Gasteiger partial charge is 0.353 e. The molecule has 1 aromatic rings. The van der Waals surface area contributed by atoms with Crippen molar-refractivity contribution in [3.8, 4) is 0 Å². The number of ether oxygens (including phenoxy) is 2. The van der Waals surface area contributed by atoms with Crippen molar-refractivity contribution in [2.75, 3.05) is 13.2 Å². The lowest BCUT2D eigenvalue weighted by molar-refractivity contribution is -0.187. The lowest BCUT2D eigenvalue weighted by Crippen LogP contribution is -2.27. The number of hydrogen-bond acceptors (Lipinski definition) is 2. The first-order valence-corrected chi connectivity index (χ1v) is 9.63. The van der Waals surface area contributed by atoms with E-state index >= 15 is 0 Å². The van der Waals surface area contributed by atoms with Gasteiger partial charge in [-0.3, -0.25) is 0 Å². The van der Waals surface area contributed by atoms with Crippen LogP contribution in [0.4, 0.5) is 0 Å². The average Bonchev–Trinajstić information content (AvgIpc) is 2.57. The van der Waals surface area contributed by atoms with Crippen LogP contribution >= 0.6 is 0 Å². The molecule has 2 nitrogen and oxygen atoms in total. The van der Waals surface area contributed by atoms with Crippen LogP contribution in [0.25, 0.3) is 0 Å². The van der Waals surface area contributed by atoms with Gasteiger partial charge in [-0.1, -0.05) is 81.8 Å². The molecule has 0 aromatic heterocycles.